The number of rotatable bonds is 3. The second kappa shape index (κ2) is 5.54. The Morgan fingerprint density at radius 1 is 1.37 bits per heavy atom. The van der Waals surface area contributed by atoms with Crippen LogP contribution in [0.2, 0.25) is 5.15 Å². The number of pyridine rings is 1. The molecule has 98 valence electrons. The maximum atomic E-state index is 13.1. The van der Waals surface area contributed by atoms with Crippen LogP contribution in [0.5, 0.6) is 0 Å². The first-order chi connectivity index (χ1) is 8.97. The van der Waals surface area contributed by atoms with Gasteiger partial charge < -0.3 is 10.4 Å². The summed E-state index contributed by atoms with van der Waals surface area (Å²) in [6, 6.07) is 6.92. The predicted molar refractivity (Wildman–Crippen MR) is 73.6 cm³/mol. The largest absolute Gasteiger partial charge is 0.478 e. The second-order valence-electron chi connectivity index (χ2n) is 3.59. The lowest BCUT2D eigenvalue weighted by atomic mass is 10.2. The smallest absolute Gasteiger partial charge is 0.339 e. The van der Waals surface area contributed by atoms with Crippen molar-refractivity contribution in [1.29, 1.82) is 0 Å². The second-order valence-corrected chi connectivity index (χ2v) is 4.83. The Bertz CT molecular complexity index is 652. The summed E-state index contributed by atoms with van der Waals surface area (Å²) in [5.74, 6) is -1.45. The first-order valence-electron chi connectivity index (χ1n) is 5.09. The summed E-state index contributed by atoms with van der Waals surface area (Å²) >= 11 is 8.77. The molecule has 1 aromatic carbocycles. The predicted octanol–water partition coefficient (Wildman–Crippen LogP) is 4.08. The Hall–Kier alpha value is -1.66. The number of carboxylic acid groups (broad SMARTS) is 1. The minimum absolute atomic E-state index is 0.0233. The fourth-order valence-corrected chi connectivity index (χ4v) is 1.94. The molecule has 0 amide bonds. The lowest BCUT2D eigenvalue weighted by Gasteiger charge is -2.09. The van der Waals surface area contributed by atoms with Crippen LogP contribution in [0.1, 0.15) is 10.4 Å². The molecule has 0 saturated heterocycles. The highest BCUT2D eigenvalue weighted by Crippen LogP contribution is 2.25. The van der Waals surface area contributed by atoms with E-state index in [0.717, 1.165) is 0 Å². The third-order valence-corrected chi connectivity index (χ3v) is 3.09. The Kier molecular flexibility index (Phi) is 4.01. The number of aromatic carboxylic acids is 1. The maximum absolute atomic E-state index is 13.1. The van der Waals surface area contributed by atoms with Gasteiger partial charge in [-0.05, 0) is 46.3 Å². The van der Waals surface area contributed by atoms with Gasteiger partial charge in [0.15, 0.2) is 0 Å². The fourth-order valence-electron chi connectivity index (χ4n) is 1.41. The molecule has 0 saturated carbocycles. The molecule has 2 aromatic rings. The van der Waals surface area contributed by atoms with Crippen molar-refractivity contribution in [3.8, 4) is 0 Å². The SMILES string of the molecule is O=C(O)c1ccc(Cl)nc1Nc1ccc(F)c(Br)c1. The summed E-state index contributed by atoms with van der Waals surface area (Å²) in [7, 11) is 0. The number of carbonyl (C=O) groups is 1. The molecule has 0 bridgehead atoms. The van der Waals surface area contributed by atoms with Gasteiger partial charge >= 0.3 is 5.97 Å². The van der Waals surface area contributed by atoms with Crippen molar-refractivity contribution in [2.75, 3.05) is 5.32 Å². The fraction of sp³-hybridized carbons (Fsp3) is 0. The number of benzene rings is 1. The number of hydrogen-bond donors (Lipinski definition) is 2. The highest BCUT2D eigenvalue weighted by Gasteiger charge is 2.12. The van der Waals surface area contributed by atoms with Crippen molar-refractivity contribution in [2.45, 2.75) is 0 Å². The average molecular weight is 346 g/mol. The molecule has 19 heavy (non-hydrogen) atoms. The topological polar surface area (TPSA) is 62.2 Å². The van der Waals surface area contributed by atoms with Gasteiger partial charge in [-0.1, -0.05) is 11.6 Å². The van der Waals surface area contributed by atoms with Gasteiger partial charge in [-0.25, -0.2) is 14.2 Å². The van der Waals surface area contributed by atoms with Crippen LogP contribution >= 0.6 is 27.5 Å². The molecular weight excluding hydrogens is 338 g/mol. The van der Waals surface area contributed by atoms with Crippen LogP contribution in [0, 0.1) is 5.82 Å². The Morgan fingerprint density at radius 2 is 2.11 bits per heavy atom. The minimum atomic E-state index is -1.13. The first-order valence-corrected chi connectivity index (χ1v) is 6.26. The van der Waals surface area contributed by atoms with E-state index < -0.39 is 11.8 Å². The van der Waals surface area contributed by atoms with E-state index in [1.54, 1.807) is 0 Å². The van der Waals surface area contributed by atoms with Crippen molar-refractivity contribution >= 4 is 45.0 Å². The van der Waals surface area contributed by atoms with Crippen molar-refractivity contribution < 1.29 is 14.3 Å². The molecule has 0 aliphatic heterocycles. The molecule has 0 aliphatic carbocycles. The van der Waals surface area contributed by atoms with E-state index in [-0.39, 0.29) is 21.0 Å². The van der Waals surface area contributed by atoms with Gasteiger partial charge in [0, 0.05) is 5.69 Å². The third-order valence-electron chi connectivity index (χ3n) is 2.27. The highest BCUT2D eigenvalue weighted by atomic mass is 79.9. The van der Waals surface area contributed by atoms with Crippen LogP contribution < -0.4 is 5.32 Å². The van der Waals surface area contributed by atoms with E-state index in [0.29, 0.717) is 5.69 Å². The van der Waals surface area contributed by atoms with Crippen LogP contribution in [0.15, 0.2) is 34.8 Å². The normalized spacial score (nSPS) is 10.3. The van der Waals surface area contributed by atoms with E-state index in [9.17, 15) is 9.18 Å². The summed E-state index contributed by atoms with van der Waals surface area (Å²) in [5, 5.41) is 12.0. The van der Waals surface area contributed by atoms with Crippen LogP contribution in [-0.4, -0.2) is 16.1 Å². The molecule has 0 aliphatic rings. The monoisotopic (exact) mass is 344 g/mol. The zero-order chi connectivity index (χ0) is 14.0. The van der Waals surface area contributed by atoms with E-state index in [1.807, 2.05) is 0 Å². The molecule has 2 rings (SSSR count). The maximum Gasteiger partial charge on any atom is 0.339 e. The number of nitrogens with zero attached hydrogens (tertiary/aromatic N) is 1. The van der Waals surface area contributed by atoms with Gasteiger partial charge in [-0.3, -0.25) is 0 Å². The van der Waals surface area contributed by atoms with E-state index in [4.69, 9.17) is 16.7 Å². The quantitative estimate of drug-likeness (QED) is 0.823. The number of nitrogens with one attached hydrogen (secondary N) is 1. The van der Waals surface area contributed by atoms with Crippen LogP contribution in [0.4, 0.5) is 15.9 Å². The summed E-state index contributed by atoms with van der Waals surface area (Å²) in [6.45, 7) is 0. The molecule has 4 nitrogen and oxygen atoms in total. The zero-order valence-electron chi connectivity index (χ0n) is 9.32. The van der Waals surface area contributed by atoms with Gasteiger partial charge in [-0.15, -0.1) is 0 Å². The molecule has 0 spiro atoms. The Labute approximate surface area is 121 Å². The minimum Gasteiger partial charge on any atom is -0.478 e. The molecule has 0 radical (unpaired) electrons. The molecule has 7 heteroatoms. The summed E-state index contributed by atoms with van der Waals surface area (Å²) in [4.78, 5) is 15.0. The third kappa shape index (κ3) is 3.21. The molecule has 0 fully saturated rings. The van der Waals surface area contributed by atoms with Crippen LogP contribution in [-0.2, 0) is 0 Å². The van der Waals surface area contributed by atoms with Gasteiger partial charge in [0.1, 0.15) is 22.4 Å². The van der Waals surface area contributed by atoms with E-state index >= 15 is 0 Å². The van der Waals surface area contributed by atoms with Crippen molar-refractivity contribution in [3.05, 3.63) is 51.3 Å². The van der Waals surface area contributed by atoms with Crippen LogP contribution in [0.3, 0.4) is 0 Å². The number of carboxylic acids is 1. The van der Waals surface area contributed by atoms with Crippen molar-refractivity contribution in [1.82, 2.24) is 4.98 Å². The van der Waals surface area contributed by atoms with E-state index in [1.165, 1.54) is 30.3 Å². The number of aromatic nitrogens is 1. The van der Waals surface area contributed by atoms with Gasteiger partial charge in [0.05, 0.1) is 4.47 Å². The Balaban J connectivity index is 2.39. The number of hydrogen-bond acceptors (Lipinski definition) is 3. The van der Waals surface area contributed by atoms with Gasteiger partial charge in [-0.2, -0.15) is 0 Å². The summed E-state index contributed by atoms with van der Waals surface area (Å²) in [6.07, 6.45) is 0. The molecule has 0 atom stereocenters. The van der Waals surface area contributed by atoms with E-state index in [2.05, 4.69) is 26.2 Å². The molecule has 2 N–H and O–H groups in total. The standard InChI is InChI=1S/C12H7BrClFN2O2/c13-8-5-6(1-3-9(8)15)16-11-7(12(18)19)2-4-10(14)17-11/h1-5H,(H,16,17)(H,18,19). The molecular formula is C12H7BrClFN2O2. The van der Waals surface area contributed by atoms with Crippen LogP contribution in [0.25, 0.3) is 0 Å². The Morgan fingerprint density at radius 3 is 2.74 bits per heavy atom. The van der Waals surface area contributed by atoms with Gasteiger partial charge in [0.25, 0.3) is 0 Å². The lowest BCUT2D eigenvalue weighted by Crippen LogP contribution is -2.05. The van der Waals surface area contributed by atoms with Crippen molar-refractivity contribution in [2.24, 2.45) is 0 Å². The average Bonchev–Trinajstić information content (AvgIpc) is 2.33. The van der Waals surface area contributed by atoms with Gasteiger partial charge in [0.2, 0.25) is 0 Å². The molecule has 0 unspecified atom stereocenters. The summed E-state index contributed by atoms with van der Waals surface area (Å²) in [5.41, 5.74) is 0.468. The first kappa shape index (κ1) is 13.8. The number of anilines is 2. The summed E-state index contributed by atoms with van der Waals surface area (Å²) < 4.78 is 13.4. The lowest BCUT2D eigenvalue weighted by molar-refractivity contribution is 0.0697. The zero-order valence-corrected chi connectivity index (χ0v) is 11.7. The highest BCUT2D eigenvalue weighted by molar-refractivity contribution is 9.10. The molecule has 1 aromatic heterocycles. The molecule has 1 heterocycles. The number of halogens is 3. The van der Waals surface area contributed by atoms with Crippen molar-refractivity contribution in [3.63, 3.8) is 0 Å².